The summed E-state index contributed by atoms with van der Waals surface area (Å²) in [7, 11) is 0. The lowest BCUT2D eigenvalue weighted by molar-refractivity contribution is -0.123. The van der Waals surface area contributed by atoms with Gasteiger partial charge in [-0.15, -0.1) is 0 Å². The van der Waals surface area contributed by atoms with E-state index in [9.17, 15) is 14.9 Å². The van der Waals surface area contributed by atoms with Gasteiger partial charge >= 0.3 is 0 Å². The van der Waals surface area contributed by atoms with Crippen LogP contribution in [0, 0.1) is 16.7 Å². The quantitative estimate of drug-likeness (QED) is 0.788. The Morgan fingerprint density at radius 3 is 2.53 bits per heavy atom. The summed E-state index contributed by atoms with van der Waals surface area (Å²) < 4.78 is 0. The number of aromatic amines is 1. The summed E-state index contributed by atoms with van der Waals surface area (Å²) in [5.74, 6) is -0.0556. The Morgan fingerprint density at radius 2 is 2.00 bits per heavy atom. The molecule has 0 unspecified atom stereocenters. The normalized spacial score (nSPS) is 18.1. The van der Waals surface area contributed by atoms with Crippen molar-refractivity contribution in [3.63, 3.8) is 0 Å². The molecule has 1 heterocycles. The molecule has 19 heavy (non-hydrogen) atoms. The van der Waals surface area contributed by atoms with E-state index in [0.717, 1.165) is 25.7 Å². The van der Waals surface area contributed by atoms with Gasteiger partial charge in [-0.2, -0.15) is 10.4 Å². The molecule has 1 aromatic heterocycles. The first-order valence-electron chi connectivity index (χ1n) is 6.45. The molecular formula is C13H16N4O2. The Balaban J connectivity index is 2.14. The van der Waals surface area contributed by atoms with Gasteiger partial charge < -0.3 is 5.32 Å². The maximum absolute atomic E-state index is 12.3. The van der Waals surface area contributed by atoms with E-state index >= 15 is 0 Å². The smallest absolute Gasteiger partial charge is 0.264 e. The number of nitrogens with one attached hydrogen (secondary N) is 2. The lowest BCUT2D eigenvalue weighted by atomic mass is 9.81. The molecule has 0 aliphatic heterocycles. The minimum absolute atomic E-state index is 0.267. The predicted molar refractivity (Wildman–Crippen MR) is 69.2 cm³/mol. The SMILES string of the molecule is N#CC1(C(=O)Nc2ccc(=O)[nH]n2)CCCCCC1. The van der Waals surface area contributed by atoms with Crippen molar-refractivity contribution in [2.75, 3.05) is 5.32 Å². The first-order chi connectivity index (χ1) is 9.16. The van der Waals surface area contributed by atoms with Crippen molar-refractivity contribution in [2.24, 2.45) is 5.41 Å². The second-order valence-electron chi connectivity index (χ2n) is 4.87. The van der Waals surface area contributed by atoms with Gasteiger partial charge in [0.15, 0.2) is 5.82 Å². The molecule has 0 atom stereocenters. The lowest BCUT2D eigenvalue weighted by Gasteiger charge is -2.23. The Bertz CT molecular complexity index is 530. The first kappa shape index (κ1) is 13.3. The maximum atomic E-state index is 12.3. The predicted octanol–water partition coefficient (Wildman–Crippen LogP) is 1.57. The van der Waals surface area contributed by atoms with Crippen LogP contribution in [0.25, 0.3) is 0 Å². The Morgan fingerprint density at radius 1 is 1.32 bits per heavy atom. The highest BCUT2D eigenvalue weighted by Crippen LogP contribution is 2.35. The van der Waals surface area contributed by atoms with Crippen LogP contribution in [0.1, 0.15) is 38.5 Å². The van der Waals surface area contributed by atoms with E-state index in [2.05, 4.69) is 21.6 Å². The fraction of sp³-hybridized carbons (Fsp3) is 0.538. The van der Waals surface area contributed by atoms with Gasteiger partial charge in [0.25, 0.3) is 5.56 Å². The average Bonchev–Trinajstić information content (AvgIpc) is 2.67. The number of nitrogens with zero attached hydrogens (tertiary/aromatic N) is 2. The number of anilines is 1. The van der Waals surface area contributed by atoms with E-state index in [1.165, 1.54) is 12.1 Å². The summed E-state index contributed by atoms with van der Waals surface area (Å²) in [5.41, 5.74) is -1.30. The van der Waals surface area contributed by atoms with Crippen molar-refractivity contribution in [2.45, 2.75) is 38.5 Å². The van der Waals surface area contributed by atoms with Crippen LogP contribution in [0.2, 0.25) is 0 Å². The highest BCUT2D eigenvalue weighted by Gasteiger charge is 2.39. The van der Waals surface area contributed by atoms with Gasteiger partial charge in [-0.3, -0.25) is 9.59 Å². The second kappa shape index (κ2) is 5.65. The van der Waals surface area contributed by atoms with Crippen LogP contribution in [0.4, 0.5) is 5.82 Å². The molecule has 0 radical (unpaired) electrons. The topological polar surface area (TPSA) is 98.6 Å². The standard InChI is InChI=1S/C13H16N4O2/c14-9-13(7-3-1-2-4-8-13)12(19)15-10-5-6-11(18)17-16-10/h5-6H,1-4,7-8H2,(H,17,18)(H,15,16,19). The van der Waals surface area contributed by atoms with Crippen molar-refractivity contribution < 1.29 is 4.79 Å². The van der Waals surface area contributed by atoms with E-state index < -0.39 is 5.41 Å². The van der Waals surface area contributed by atoms with Gasteiger partial charge in [-0.05, 0) is 18.9 Å². The number of carbonyl (C=O) groups is 1. The average molecular weight is 260 g/mol. The molecule has 2 rings (SSSR count). The van der Waals surface area contributed by atoms with Gasteiger partial charge in [0.05, 0.1) is 6.07 Å². The molecule has 1 aromatic rings. The number of rotatable bonds is 2. The van der Waals surface area contributed by atoms with E-state index in [1.807, 2.05) is 0 Å². The molecule has 100 valence electrons. The molecule has 6 heteroatoms. The van der Waals surface area contributed by atoms with Crippen molar-refractivity contribution >= 4 is 11.7 Å². The third kappa shape index (κ3) is 2.99. The Hall–Kier alpha value is -2.16. The number of hydrogen-bond donors (Lipinski definition) is 2. The molecule has 1 amide bonds. The van der Waals surface area contributed by atoms with Crippen LogP contribution in [0.5, 0.6) is 0 Å². The zero-order chi connectivity index (χ0) is 13.7. The monoisotopic (exact) mass is 260 g/mol. The number of carbonyl (C=O) groups excluding carboxylic acids is 1. The Kier molecular flexibility index (Phi) is 3.95. The van der Waals surface area contributed by atoms with Crippen LogP contribution in [-0.2, 0) is 4.79 Å². The maximum Gasteiger partial charge on any atom is 0.264 e. The summed E-state index contributed by atoms with van der Waals surface area (Å²) in [6.45, 7) is 0. The van der Waals surface area contributed by atoms with Crippen molar-refractivity contribution in [1.29, 1.82) is 5.26 Å². The van der Waals surface area contributed by atoms with E-state index in [-0.39, 0.29) is 17.3 Å². The largest absolute Gasteiger partial charge is 0.308 e. The van der Waals surface area contributed by atoms with Crippen LogP contribution in [0.15, 0.2) is 16.9 Å². The van der Waals surface area contributed by atoms with Crippen LogP contribution >= 0.6 is 0 Å². The van der Waals surface area contributed by atoms with Gasteiger partial charge in [0, 0.05) is 6.07 Å². The molecule has 1 fully saturated rings. The van der Waals surface area contributed by atoms with Gasteiger partial charge in [0.1, 0.15) is 5.41 Å². The molecule has 0 saturated heterocycles. The van der Waals surface area contributed by atoms with Gasteiger partial charge in [0.2, 0.25) is 5.91 Å². The van der Waals surface area contributed by atoms with Gasteiger partial charge in [-0.25, -0.2) is 5.10 Å². The summed E-state index contributed by atoms with van der Waals surface area (Å²) >= 11 is 0. The molecule has 1 aliphatic carbocycles. The molecule has 6 nitrogen and oxygen atoms in total. The molecular weight excluding hydrogens is 244 g/mol. The summed E-state index contributed by atoms with van der Waals surface area (Å²) in [4.78, 5) is 23.2. The molecule has 1 aliphatic rings. The Labute approximate surface area is 110 Å². The zero-order valence-corrected chi connectivity index (χ0v) is 10.6. The molecule has 1 saturated carbocycles. The third-order valence-electron chi connectivity index (χ3n) is 3.53. The van der Waals surface area contributed by atoms with Crippen molar-refractivity contribution in [1.82, 2.24) is 10.2 Å². The number of aromatic nitrogens is 2. The van der Waals surface area contributed by atoms with Crippen LogP contribution in [-0.4, -0.2) is 16.1 Å². The summed E-state index contributed by atoms with van der Waals surface area (Å²) in [5, 5.41) is 18.0. The number of amides is 1. The fourth-order valence-electron chi connectivity index (χ4n) is 2.37. The number of H-pyrrole nitrogens is 1. The molecule has 0 aromatic carbocycles. The molecule has 0 spiro atoms. The zero-order valence-electron chi connectivity index (χ0n) is 10.6. The van der Waals surface area contributed by atoms with Crippen molar-refractivity contribution in [3.05, 3.63) is 22.5 Å². The summed E-state index contributed by atoms with van der Waals surface area (Å²) in [6, 6.07) is 4.89. The third-order valence-corrected chi connectivity index (χ3v) is 3.53. The lowest BCUT2D eigenvalue weighted by Crippen LogP contribution is -2.35. The van der Waals surface area contributed by atoms with Crippen LogP contribution in [0.3, 0.4) is 0 Å². The first-order valence-corrected chi connectivity index (χ1v) is 6.45. The highest BCUT2D eigenvalue weighted by atomic mass is 16.2. The van der Waals surface area contributed by atoms with Crippen molar-refractivity contribution in [3.8, 4) is 6.07 Å². The van der Waals surface area contributed by atoms with E-state index in [0.29, 0.717) is 12.8 Å². The minimum atomic E-state index is -0.964. The fourth-order valence-corrected chi connectivity index (χ4v) is 2.37. The number of hydrogen-bond acceptors (Lipinski definition) is 4. The molecule has 2 N–H and O–H groups in total. The second-order valence-corrected chi connectivity index (χ2v) is 4.87. The highest BCUT2D eigenvalue weighted by molar-refractivity contribution is 5.96. The van der Waals surface area contributed by atoms with E-state index in [1.54, 1.807) is 0 Å². The number of nitriles is 1. The van der Waals surface area contributed by atoms with Crippen LogP contribution < -0.4 is 10.9 Å². The van der Waals surface area contributed by atoms with Gasteiger partial charge in [-0.1, -0.05) is 25.7 Å². The minimum Gasteiger partial charge on any atom is -0.308 e. The van der Waals surface area contributed by atoms with E-state index in [4.69, 9.17) is 0 Å². The molecule has 0 bridgehead atoms. The summed E-state index contributed by atoms with van der Waals surface area (Å²) in [6.07, 6.45) is 5.07.